The largest absolute Gasteiger partial charge is 0.454 e. The van der Waals surface area contributed by atoms with Crippen LogP contribution in [0, 0.1) is 0 Å². The maximum absolute atomic E-state index is 12.4. The number of carbonyl (C=O) groups is 1. The summed E-state index contributed by atoms with van der Waals surface area (Å²) in [5.74, 6) is 1.12. The number of benzene rings is 1. The summed E-state index contributed by atoms with van der Waals surface area (Å²) in [7, 11) is 0. The molecule has 2 N–H and O–H groups in total. The van der Waals surface area contributed by atoms with Crippen molar-refractivity contribution in [1.82, 2.24) is 15.2 Å². The van der Waals surface area contributed by atoms with E-state index in [2.05, 4.69) is 20.5 Å². The molecule has 134 valence electrons. The molecule has 0 fully saturated rings. The zero-order chi connectivity index (χ0) is 18.2. The Labute approximate surface area is 161 Å². The Morgan fingerprint density at radius 3 is 2.96 bits per heavy atom. The number of ether oxygens (including phenoxy) is 2. The van der Waals surface area contributed by atoms with Crippen LogP contribution in [0.5, 0.6) is 11.5 Å². The minimum Gasteiger partial charge on any atom is -0.454 e. The quantitative estimate of drug-likeness (QED) is 0.538. The topological polar surface area (TPSA) is 89.1 Å². The first kappa shape index (κ1) is 16.0. The third-order valence-corrected chi connectivity index (χ3v) is 5.65. The number of nitrogens with zero attached hydrogens (tertiary/aromatic N) is 2. The van der Waals surface area contributed by atoms with Gasteiger partial charge in [0.05, 0.1) is 16.3 Å². The summed E-state index contributed by atoms with van der Waals surface area (Å²) in [5.41, 5.74) is 2.79. The second-order valence-electron chi connectivity index (χ2n) is 5.70. The van der Waals surface area contributed by atoms with Crippen LogP contribution < -0.4 is 14.8 Å². The van der Waals surface area contributed by atoms with Crippen molar-refractivity contribution in [1.29, 1.82) is 0 Å². The van der Waals surface area contributed by atoms with Crippen LogP contribution in [0.2, 0.25) is 0 Å². The number of hydrogen-bond acceptors (Lipinski definition) is 7. The predicted octanol–water partition coefficient (Wildman–Crippen LogP) is 4.24. The third kappa shape index (κ3) is 3.07. The van der Waals surface area contributed by atoms with E-state index in [0.717, 1.165) is 27.6 Å². The number of thiazole rings is 1. The maximum Gasteiger partial charge on any atom is 0.277 e. The van der Waals surface area contributed by atoms with Crippen molar-refractivity contribution in [3.63, 3.8) is 0 Å². The Morgan fingerprint density at radius 1 is 1.15 bits per heavy atom. The monoisotopic (exact) mass is 396 g/mol. The first-order valence-corrected chi connectivity index (χ1v) is 9.78. The smallest absolute Gasteiger partial charge is 0.277 e. The van der Waals surface area contributed by atoms with E-state index in [-0.39, 0.29) is 12.7 Å². The summed E-state index contributed by atoms with van der Waals surface area (Å²) >= 11 is 2.94. The van der Waals surface area contributed by atoms with Gasteiger partial charge in [0.15, 0.2) is 22.3 Å². The van der Waals surface area contributed by atoms with Crippen LogP contribution in [0.4, 0.5) is 5.13 Å². The molecule has 1 aromatic carbocycles. The van der Waals surface area contributed by atoms with E-state index in [0.29, 0.717) is 16.6 Å². The molecule has 9 heteroatoms. The van der Waals surface area contributed by atoms with Gasteiger partial charge in [0.1, 0.15) is 0 Å². The Morgan fingerprint density at radius 2 is 2.07 bits per heavy atom. The van der Waals surface area contributed by atoms with Gasteiger partial charge >= 0.3 is 0 Å². The van der Waals surface area contributed by atoms with Gasteiger partial charge in [-0.05, 0) is 35.7 Å². The third-order valence-electron chi connectivity index (χ3n) is 3.99. The van der Waals surface area contributed by atoms with E-state index >= 15 is 0 Å². The molecule has 7 nitrogen and oxygen atoms in total. The summed E-state index contributed by atoms with van der Waals surface area (Å²) in [5, 5.41) is 14.1. The number of carbonyl (C=O) groups excluding carboxylic acids is 1. The minimum atomic E-state index is -0.305. The summed E-state index contributed by atoms with van der Waals surface area (Å²) in [6.45, 7) is 0.230. The summed E-state index contributed by atoms with van der Waals surface area (Å²) in [6.07, 6.45) is 0. The fraction of sp³-hybridized carbons (Fsp3) is 0.0556. The number of fused-ring (bicyclic) bond motifs is 1. The van der Waals surface area contributed by atoms with Crippen molar-refractivity contribution >= 4 is 33.7 Å². The van der Waals surface area contributed by atoms with E-state index in [4.69, 9.17) is 9.47 Å². The van der Waals surface area contributed by atoms with E-state index in [1.165, 1.54) is 11.3 Å². The minimum absolute atomic E-state index is 0.230. The lowest BCUT2D eigenvalue weighted by atomic mass is 10.1. The molecule has 0 unspecified atom stereocenters. The molecule has 0 atom stereocenters. The molecule has 0 saturated heterocycles. The van der Waals surface area contributed by atoms with Crippen molar-refractivity contribution in [2.45, 2.75) is 0 Å². The van der Waals surface area contributed by atoms with Gasteiger partial charge < -0.3 is 9.47 Å². The van der Waals surface area contributed by atoms with Crippen LogP contribution >= 0.6 is 22.7 Å². The van der Waals surface area contributed by atoms with Gasteiger partial charge in [0, 0.05) is 10.9 Å². The van der Waals surface area contributed by atoms with E-state index in [1.54, 1.807) is 17.4 Å². The molecular formula is C18H12N4O3S2. The summed E-state index contributed by atoms with van der Waals surface area (Å²) in [4.78, 5) is 17.9. The number of aromatic amines is 1. The zero-order valence-electron chi connectivity index (χ0n) is 13.8. The zero-order valence-corrected chi connectivity index (χ0v) is 15.4. The molecule has 5 rings (SSSR count). The number of rotatable bonds is 4. The number of aromatic nitrogens is 3. The Kier molecular flexibility index (Phi) is 3.88. The van der Waals surface area contributed by atoms with Crippen LogP contribution in [0.25, 0.3) is 21.8 Å². The van der Waals surface area contributed by atoms with Gasteiger partial charge in [-0.3, -0.25) is 15.2 Å². The Bertz CT molecular complexity index is 1120. The van der Waals surface area contributed by atoms with Gasteiger partial charge in [0.2, 0.25) is 6.79 Å². The summed E-state index contributed by atoms with van der Waals surface area (Å²) in [6, 6.07) is 11.3. The highest BCUT2D eigenvalue weighted by Crippen LogP contribution is 2.36. The van der Waals surface area contributed by atoms with Crippen molar-refractivity contribution in [3.05, 3.63) is 52.9 Å². The maximum atomic E-state index is 12.4. The first-order valence-electron chi connectivity index (χ1n) is 8.02. The van der Waals surface area contributed by atoms with E-state index in [9.17, 15) is 4.79 Å². The highest BCUT2D eigenvalue weighted by atomic mass is 32.1. The standard InChI is InChI=1S/C18H12N4O3S2/c23-17(12-7-11(21-22-12)16-2-1-5-26-16)20-18-19-13(8-27-18)10-3-4-14-15(6-10)25-9-24-14/h1-8H,9H2,(H,21,22)(H,19,20,23). The first-order chi connectivity index (χ1) is 13.3. The highest BCUT2D eigenvalue weighted by Gasteiger charge is 2.17. The van der Waals surface area contributed by atoms with Crippen LogP contribution in [-0.2, 0) is 0 Å². The molecule has 1 amide bonds. The molecule has 0 bridgehead atoms. The number of thiophene rings is 1. The Hall–Kier alpha value is -3.17. The normalized spacial score (nSPS) is 12.3. The van der Waals surface area contributed by atoms with Gasteiger partial charge in [-0.2, -0.15) is 5.10 Å². The van der Waals surface area contributed by atoms with Crippen molar-refractivity contribution < 1.29 is 14.3 Å². The van der Waals surface area contributed by atoms with Crippen molar-refractivity contribution in [2.24, 2.45) is 0 Å². The molecule has 3 aromatic heterocycles. The Balaban J connectivity index is 1.32. The average molecular weight is 396 g/mol. The molecule has 0 aliphatic carbocycles. The second kappa shape index (κ2) is 6.53. The predicted molar refractivity (Wildman–Crippen MR) is 104 cm³/mol. The highest BCUT2D eigenvalue weighted by molar-refractivity contribution is 7.14. The van der Waals surface area contributed by atoms with Crippen LogP contribution in [0.3, 0.4) is 0 Å². The molecule has 27 heavy (non-hydrogen) atoms. The molecule has 4 heterocycles. The number of amides is 1. The van der Waals surface area contributed by atoms with E-state index in [1.807, 2.05) is 41.1 Å². The lowest BCUT2D eigenvalue weighted by Crippen LogP contribution is -2.12. The van der Waals surface area contributed by atoms with Crippen molar-refractivity contribution in [2.75, 3.05) is 12.1 Å². The molecule has 4 aromatic rings. The summed E-state index contributed by atoms with van der Waals surface area (Å²) < 4.78 is 10.7. The molecular weight excluding hydrogens is 384 g/mol. The molecule has 1 aliphatic heterocycles. The number of nitrogens with one attached hydrogen (secondary N) is 2. The van der Waals surface area contributed by atoms with Crippen LogP contribution in [0.1, 0.15) is 10.5 Å². The molecule has 0 radical (unpaired) electrons. The SMILES string of the molecule is O=C(Nc1nc(-c2ccc3c(c2)OCO3)cs1)c1cc(-c2cccs2)[nH]n1. The lowest BCUT2D eigenvalue weighted by Gasteiger charge is -2.00. The van der Waals surface area contributed by atoms with E-state index < -0.39 is 0 Å². The van der Waals surface area contributed by atoms with Crippen molar-refractivity contribution in [3.8, 4) is 33.3 Å². The van der Waals surface area contributed by atoms with Crippen LogP contribution in [0.15, 0.2) is 47.2 Å². The fourth-order valence-electron chi connectivity index (χ4n) is 2.68. The molecule has 0 spiro atoms. The number of H-pyrrole nitrogens is 1. The fourth-order valence-corrected chi connectivity index (χ4v) is 4.08. The van der Waals surface area contributed by atoms with Gasteiger partial charge in [0.25, 0.3) is 5.91 Å². The molecule has 1 aliphatic rings. The lowest BCUT2D eigenvalue weighted by molar-refractivity contribution is 0.102. The average Bonchev–Trinajstić information content (AvgIpc) is 3.47. The number of anilines is 1. The van der Waals surface area contributed by atoms with Crippen LogP contribution in [-0.4, -0.2) is 27.9 Å². The van der Waals surface area contributed by atoms with Gasteiger partial charge in [-0.25, -0.2) is 4.98 Å². The molecule has 0 saturated carbocycles. The number of hydrogen-bond donors (Lipinski definition) is 2. The van der Waals surface area contributed by atoms with Gasteiger partial charge in [-0.1, -0.05) is 6.07 Å². The second-order valence-corrected chi connectivity index (χ2v) is 7.51. The van der Waals surface area contributed by atoms with Gasteiger partial charge in [-0.15, -0.1) is 22.7 Å².